The Hall–Kier alpha value is -1.66. The molecule has 0 aliphatic carbocycles. The van der Waals surface area contributed by atoms with E-state index in [9.17, 15) is 4.39 Å². The van der Waals surface area contributed by atoms with E-state index in [0.29, 0.717) is 5.57 Å². The van der Waals surface area contributed by atoms with Crippen LogP contribution in [0.25, 0.3) is 6.08 Å². The van der Waals surface area contributed by atoms with Crippen LogP contribution in [-0.2, 0) is 0 Å². The second-order valence-corrected chi connectivity index (χ2v) is 2.54. The zero-order valence-corrected chi connectivity index (χ0v) is 7.00. The van der Waals surface area contributed by atoms with Gasteiger partial charge in [-0.15, -0.1) is 0 Å². The first-order valence-corrected chi connectivity index (χ1v) is 3.82. The molecular formula is C10H9FN2. The van der Waals surface area contributed by atoms with Gasteiger partial charge in [0, 0.05) is 12.1 Å². The third-order valence-electron chi connectivity index (χ3n) is 1.57. The summed E-state index contributed by atoms with van der Waals surface area (Å²) in [4.78, 5) is 0. The van der Waals surface area contributed by atoms with Gasteiger partial charge in [-0.05, 0) is 23.8 Å². The molecule has 0 saturated heterocycles. The molecule has 0 aliphatic heterocycles. The Morgan fingerprint density at radius 2 is 2.08 bits per heavy atom. The molecule has 3 heteroatoms. The lowest BCUT2D eigenvalue weighted by atomic mass is 10.1. The number of nitrogens with zero attached hydrogens (tertiary/aromatic N) is 1. The molecule has 1 aromatic carbocycles. The van der Waals surface area contributed by atoms with Crippen molar-refractivity contribution in [2.24, 2.45) is 5.73 Å². The molecule has 0 atom stereocenters. The standard InChI is InChI=1S/C10H9FN2/c11-10-3-1-8(2-4-10)5-9(6-12)7-13/h1-5H,6,12H2/b9-5-. The Balaban J connectivity index is 2.92. The first-order chi connectivity index (χ1) is 6.26. The second kappa shape index (κ2) is 4.39. The van der Waals surface area contributed by atoms with Crippen LogP contribution in [-0.4, -0.2) is 6.54 Å². The maximum absolute atomic E-state index is 12.5. The van der Waals surface area contributed by atoms with E-state index in [1.807, 2.05) is 6.07 Å². The maximum atomic E-state index is 12.5. The highest BCUT2D eigenvalue weighted by Crippen LogP contribution is 2.06. The lowest BCUT2D eigenvalue weighted by Crippen LogP contribution is -2.00. The zero-order valence-electron chi connectivity index (χ0n) is 7.00. The number of halogens is 1. The van der Waals surface area contributed by atoms with Crippen LogP contribution in [0.1, 0.15) is 5.56 Å². The molecule has 0 aromatic heterocycles. The van der Waals surface area contributed by atoms with Gasteiger partial charge in [0.05, 0.1) is 6.07 Å². The van der Waals surface area contributed by atoms with Gasteiger partial charge in [0.2, 0.25) is 0 Å². The molecule has 0 radical (unpaired) electrons. The molecular weight excluding hydrogens is 167 g/mol. The van der Waals surface area contributed by atoms with Gasteiger partial charge < -0.3 is 5.73 Å². The molecule has 0 unspecified atom stereocenters. The average Bonchev–Trinajstić information content (AvgIpc) is 2.17. The summed E-state index contributed by atoms with van der Waals surface area (Å²) in [5.74, 6) is -0.289. The largest absolute Gasteiger partial charge is 0.326 e. The number of nitrogens with two attached hydrogens (primary N) is 1. The fourth-order valence-corrected chi connectivity index (χ4v) is 0.897. The van der Waals surface area contributed by atoms with Crippen molar-refractivity contribution in [1.82, 2.24) is 0 Å². The number of hydrogen-bond acceptors (Lipinski definition) is 2. The molecule has 66 valence electrons. The van der Waals surface area contributed by atoms with Crippen LogP contribution in [0.2, 0.25) is 0 Å². The molecule has 2 nitrogen and oxygen atoms in total. The van der Waals surface area contributed by atoms with Crippen LogP contribution in [0.15, 0.2) is 29.8 Å². The highest BCUT2D eigenvalue weighted by atomic mass is 19.1. The van der Waals surface area contributed by atoms with E-state index in [4.69, 9.17) is 11.0 Å². The van der Waals surface area contributed by atoms with E-state index in [2.05, 4.69) is 0 Å². The van der Waals surface area contributed by atoms with Gasteiger partial charge in [-0.1, -0.05) is 12.1 Å². The summed E-state index contributed by atoms with van der Waals surface area (Å²) in [7, 11) is 0. The van der Waals surface area contributed by atoms with Crippen molar-refractivity contribution in [3.05, 3.63) is 41.2 Å². The summed E-state index contributed by atoms with van der Waals surface area (Å²) in [6.45, 7) is 0.202. The molecule has 0 spiro atoms. The Kier molecular flexibility index (Phi) is 3.18. The first kappa shape index (κ1) is 9.43. The normalized spacial score (nSPS) is 11.0. The van der Waals surface area contributed by atoms with Crippen molar-refractivity contribution < 1.29 is 4.39 Å². The molecule has 0 aliphatic rings. The Labute approximate surface area is 76.1 Å². The zero-order chi connectivity index (χ0) is 9.68. The molecule has 0 heterocycles. The molecule has 2 N–H and O–H groups in total. The van der Waals surface area contributed by atoms with Crippen LogP contribution >= 0.6 is 0 Å². The molecule has 0 saturated carbocycles. The molecule has 0 fully saturated rings. The van der Waals surface area contributed by atoms with E-state index < -0.39 is 0 Å². The van der Waals surface area contributed by atoms with Gasteiger partial charge >= 0.3 is 0 Å². The van der Waals surface area contributed by atoms with Gasteiger partial charge in [-0.3, -0.25) is 0 Å². The smallest absolute Gasteiger partial charge is 0.123 e. The Morgan fingerprint density at radius 3 is 2.54 bits per heavy atom. The number of rotatable bonds is 2. The van der Waals surface area contributed by atoms with Crippen molar-refractivity contribution in [3.63, 3.8) is 0 Å². The summed E-state index contributed by atoms with van der Waals surface area (Å²) in [5, 5.41) is 8.57. The molecule has 0 amide bonds. The summed E-state index contributed by atoms with van der Waals surface area (Å²) < 4.78 is 12.5. The van der Waals surface area contributed by atoms with E-state index >= 15 is 0 Å². The minimum absolute atomic E-state index is 0.202. The predicted molar refractivity (Wildman–Crippen MR) is 49.0 cm³/mol. The first-order valence-electron chi connectivity index (χ1n) is 3.82. The minimum Gasteiger partial charge on any atom is -0.326 e. The van der Waals surface area contributed by atoms with Crippen LogP contribution < -0.4 is 5.73 Å². The van der Waals surface area contributed by atoms with Crippen LogP contribution in [0.4, 0.5) is 4.39 Å². The quantitative estimate of drug-likeness (QED) is 0.697. The fourth-order valence-electron chi connectivity index (χ4n) is 0.897. The Morgan fingerprint density at radius 1 is 1.46 bits per heavy atom. The highest BCUT2D eigenvalue weighted by molar-refractivity contribution is 5.57. The Bertz CT molecular complexity index is 346. The number of benzene rings is 1. The summed E-state index contributed by atoms with van der Waals surface area (Å²) in [5.41, 5.74) is 6.56. The summed E-state index contributed by atoms with van der Waals surface area (Å²) in [6.07, 6.45) is 1.64. The number of nitriles is 1. The SMILES string of the molecule is N#C/C(=C\c1ccc(F)cc1)CN. The van der Waals surface area contributed by atoms with E-state index in [0.717, 1.165) is 5.56 Å². The van der Waals surface area contributed by atoms with Crippen molar-refractivity contribution in [1.29, 1.82) is 5.26 Å². The van der Waals surface area contributed by atoms with Crippen molar-refractivity contribution >= 4 is 6.08 Å². The lowest BCUT2D eigenvalue weighted by molar-refractivity contribution is 0.628. The monoisotopic (exact) mass is 176 g/mol. The third kappa shape index (κ3) is 2.69. The third-order valence-corrected chi connectivity index (χ3v) is 1.57. The summed E-state index contributed by atoms with van der Waals surface area (Å²) in [6, 6.07) is 7.85. The molecule has 0 bridgehead atoms. The molecule has 13 heavy (non-hydrogen) atoms. The van der Waals surface area contributed by atoms with Crippen LogP contribution in [0.5, 0.6) is 0 Å². The van der Waals surface area contributed by atoms with Crippen molar-refractivity contribution in [3.8, 4) is 6.07 Å². The fraction of sp³-hybridized carbons (Fsp3) is 0.100. The second-order valence-electron chi connectivity index (χ2n) is 2.54. The van der Waals surface area contributed by atoms with Crippen LogP contribution in [0, 0.1) is 17.1 Å². The topological polar surface area (TPSA) is 49.8 Å². The molecule has 1 rings (SSSR count). The van der Waals surface area contributed by atoms with Gasteiger partial charge in [0.1, 0.15) is 5.82 Å². The van der Waals surface area contributed by atoms with E-state index in [1.54, 1.807) is 18.2 Å². The predicted octanol–water partition coefficient (Wildman–Crippen LogP) is 1.69. The van der Waals surface area contributed by atoms with Crippen molar-refractivity contribution in [2.75, 3.05) is 6.54 Å². The number of hydrogen-bond donors (Lipinski definition) is 1. The minimum atomic E-state index is -0.289. The van der Waals surface area contributed by atoms with Gasteiger partial charge in [-0.25, -0.2) is 4.39 Å². The van der Waals surface area contributed by atoms with Gasteiger partial charge in [0.25, 0.3) is 0 Å². The maximum Gasteiger partial charge on any atom is 0.123 e. The van der Waals surface area contributed by atoms with Crippen LogP contribution in [0.3, 0.4) is 0 Å². The van der Waals surface area contributed by atoms with Gasteiger partial charge in [0.15, 0.2) is 0 Å². The lowest BCUT2D eigenvalue weighted by Gasteiger charge is -1.94. The van der Waals surface area contributed by atoms with E-state index in [1.165, 1.54) is 12.1 Å². The molecule has 1 aromatic rings. The highest BCUT2D eigenvalue weighted by Gasteiger charge is 1.93. The average molecular weight is 176 g/mol. The summed E-state index contributed by atoms with van der Waals surface area (Å²) >= 11 is 0. The van der Waals surface area contributed by atoms with Gasteiger partial charge in [-0.2, -0.15) is 5.26 Å². The van der Waals surface area contributed by atoms with Crippen molar-refractivity contribution in [2.45, 2.75) is 0 Å². The van der Waals surface area contributed by atoms with E-state index in [-0.39, 0.29) is 12.4 Å².